The summed E-state index contributed by atoms with van der Waals surface area (Å²) in [5.74, 6) is 0.00818. The third kappa shape index (κ3) is 4.35. The van der Waals surface area contributed by atoms with Crippen LogP contribution in [0.5, 0.6) is 0 Å². The molecule has 2 aromatic carbocycles. The number of carbonyl (C=O) groups excluding carboxylic acids is 2. The number of carbonyl (C=O) groups is 2. The predicted octanol–water partition coefficient (Wildman–Crippen LogP) is 4.31. The largest absolute Gasteiger partial charge is 0.462 e. The summed E-state index contributed by atoms with van der Waals surface area (Å²) in [7, 11) is 0. The minimum absolute atomic E-state index is 0.123. The number of nitrogens with zero attached hydrogens (tertiary/aromatic N) is 1. The lowest BCUT2D eigenvalue weighted by Gasteiger charge is -2.15. The molecule has 1 aliphatic carbocycles. The Morgan fingerprint density at radius 3 is 2.59 bits per heavy atom. The maximum Gasteiger partial charge on any atom is 0.338 e. The van der Waals surface area contributed by atoms with Crippen molar-refractivity contribution < 1.29 is 14.3 Å². The van der Waals surface area contributed by atoms with E-state index in [0.29, 0.717) is 24.6 Å². The van der Waals surface area contributed by atoms with Crippen molar-refractivity contribution in [3.8, 4) is 0 Å². The molecule has 2 aromatic rings. The molecule has 5 heteroatoms. The van der Waals surface area contributed by atoms with E-state index in [9.17, 15) is 9.59 Å². The van der Waals surface area contributed by atoms with Gasteiger partial charge in [-0.1, -0.05) is 30.0 Å². The molecule has 1 amide bonds. The average Bonchev–Trinajstić information content (AvgIpc) is 3.45. The van der Waals surface area contributed by atoms with Crippen LogP contribution in [0.4, 0.5) is 0 Å². The first-order valence-electron chi connectivity index (χ1n) is 9.40. The summed E-state index contributed by atoms with van der Waals surface area (Å²) in [4.78, 5) is 28.5. The van der Waals surface area contributed by atoms with Gasteiger partial charge in [0.1, 0.15) is 0 Å². The third-order valence-electron chi connectivity index (χ3n) is 5.09. The zero-order chi connectivity index (χ0) is 18.8. The van der Waals surface area contributed by atoms with Crippen LogP contribution < -0.4 is 0 Å². The lowest BCUT2D eigenvalue weighted by molar-refractivity contribution is -0.128. The highest BCUT2D eigenvalue weighted by atomic mass is 32.2. The van der Waals surface area contributed by atoms with Crippen LogP contribution in [0.2, 0.25) is 0 Å². The van der Waals surface area contributed by atoms with E-state index in [4.69, 9.17) is 4.74 Å². The number of rotatable bonds is 6. The van der Waals surface area contributed by atoms with Crippen LogP contribution >= 0.6 is 11.8 Å². The fourth-order valence-electron chi connectivity index (χ4n) is 3.39. The van der Waals surface area contributed by atoms with Gasteiger partial charge in [-0.2, -0.15) is 0 Å². The van der Waals surface area contributed by atoms with Crippen LogP contribution in [0.3, 0.4) is 0 Å². The number of aryl methyl sites for hydroxylation is 1. The third-order valence-corrected chi connectivity index (χ3v) is 6.27. The zero-order valence-corrected chi connectivity index (χ0v) is 16.2. The SMILES string of the molecule is Cc1ccccc1Sc1ccc(C(=O)OCC2CC(=O)N(C3CC3)C2)cc1. The normalized spacial score (nSPS) is 19.4. The Morgan fingerprint density at radius 1 is 1.15 bits per heavy atom. The molecular formula is C22H23NO3S. The van der Waals surface area contributed by atoms with Gasteiger partial charge in [0.05, 0.1) is 12.2 Å². The summed E-state index contributed by atoms with van der Waals surface area (Å²) in [6.07, 6.45) is 2.73. The van der Waals surface area contributed by atoms with Crippen LogP contribution in [0, 0.1) is 12.8 Å². The first-order chi connectivity index (χ1) is 13.1. The smallest absolute Gasteiger partial charge is 0.338 e. The Morgan fingerprint density at radius 2 is 1.89 bits per heavy atom. The molecule has 1 aliphatic heterocycles. The molecule has 27 heavy (non-hydrogen) atoms. The lowest BCUT2D eigenvalue weighted by atomic mass is 10.1. The molecule has 1 saturated heterocycles. The number of likely N-dealkylation sites (tertiary alicyclic amines) is 1. The van der Waals surface area contributed by atoms with E-state index >= 15 is 0 Å². The van der Waals surface area contributed by atoms with Gasteiger partial charge in [-0.15, -0.1) is 0 Å². The van der Waals surface area contributed by atoms with Crippen LogP contribution in [-0.4, -0.2) is 36.0 Å². The average molecular weight is 381 g/mol. The van der Waals surface area contributed by atoms with Gasteiger partial charge in [0.2, 0.25) is 5.91 Å². The fraction of sp³-hybridized carbons (Fsp3) is 0.364. The van der Waals surface area contributed by atoms with Crippen molar-refractivity contribution in [3.63, 3.8) is 0 Å². The standard InChI is InChI=1S/C22H23NO3S/c1-15-4-2-3-5-20(15)27-19-10-6-17(7-11-19)22(25)26-14-16-12-21(24)23(13-16)18-8-9-18/h2-7,10-11,16,18H,8-9,12-14H2,1H3. The number of amides is 1. The maximum absolute atomic E-state index is 12.3. The van der Waals surface area contributed by atoms with Crippen molar-refractivity contribution in [2.45, 2.75) is 42.0 Å². The molecule has 1 atom stereocenters. The summed E-state index contributed by atoms with van der Waals surface area (Å²) in [6.45, 7) is 3.13. The number of benzene rings is 2. The van der Waals surface area contributed by atoms with E-state index in [1.165, 1.54) is 10.5 Å². The first kappa shape index (κ1) is 18.1. The van der Waals surface area contributed by atoms with Crippen molar-refractivity contribution >= 4 is 23.6 Å². The Balaban J connectivity index is 1.30. The molecule has 2 aliphatic rings. The Bertz CT molecular complexity index is 845. The number of hydrogen-bond acceptors (Lipinski definition) is 4. The summed E-state index contributed by atoms with van der Waals surface area (Å²) >= 11 is 1.68. The highest BCUT2D eigenvalue weighted by Crippen LogP contribution is 2.33. The summed E-state index contributed by atoms with van der Waals surface area (Å²) in [6, 6.07) is 16.2. The van der Waals surface area contributed by atoms with Crippen LogP contribution in [0.25, 0.3) is 0 Å². The highest BCUT2D eigenvalue weighted by Gasteiger charge is 2.39. The number of ether oxygens (including phenoxy) is 1. The molecule has 1 heterocycles. The highest BCUT2D eigenvalue weighted by molar-refractivity contribution is 7.99. The van der Waals surface area contributed by atoms with E-state index < -0.39 is 0 Å². The molecule has 4 rings (SSSR count). The van der Waals surface area contributed by atoms with E-state index in [2.05, 4.69) is 19.1 Å². The summed E-state index contributed by atoms with van der Waals surface area (Å²) < 4.78 is 5.46. The van der Waals surface area contributed by atoms with Gasteiger partial charge in [-0.3, -0.25) is 4.79 Å². The van der Waals surface area contributed by atoms with Crippen molar-refractivity contribution in [1.29, 1.82) is 0 Å². The molecule has 1 unspecified atom stereocenters. The van der Waals surface area contributed by atoms with Gasteiger partial charge in [0, 0.05) is 34.7 Å². The molecule has 140 valence electrons. The minimum atomic E-state index is -0.320. The molecule has 0 N–H and O–H groups in total. The van der Waals surface area contributed by atoms with Crippen molar-refractivity contribution in [3.05, 3.63) is 59.7 Å². The van der Waals surface area contributed by atoms with E-state index in [0.717, 1.165) is 24.3 Å². The van der Waals surface area contributed by atoms with E-state index in [1.54, 1.807) is 23.9 Å². The Labute approximate surface area is 163 Å². The van der Waals surface area contributed by atoms with Gasteiger partial charge >= 0.3 is 5.97 Å². The number of esters is 1. The van der Waals surface area contributed by atoms with Crippen molar-refractivity contribution in [2.24, 2.45) is 5.92 Å². The van der Waals surface area contributed by atoms with Gasteiger partial charge in [-0.25, -0.2) is 4.79 Å². The molecule has 0 bridgehead atoms. The molecule has 0 radical (unpaired) electrons. The predicted molar refractivity (Wildman–Crippen MR) is 105 cm³/mol. The monoisotopic (exact) mass is 381 g/mol. The fourth-order valence-corrected chi connectivity index (χ4v) is 4.29. The molecule has 4 nitrogen and oxygen atoms in total. The van der Waals surface area contributed by atoms with Crippen molar-refractivity contribution in [1.82, 2.24) is 4.90 Å². The maximum atomic E-state index is 12.3. The van der Waals surface area contributed by atoms with Gasteiger partial charge in [0.25, 0.3) is 0 Å². The van der Waals surface area contributed by atoms with Gasteiger partial charge in [0.15, 0.2) is 0 Å². The zero-order valence-electron chi connectivity index (χ0n) is 15.4. The summed E-state index contributed by atoms with van der Waals surface area (Å²) in [5.41, 5.74) is 1.78. The quantitative estimate of drug-likeness (QED) is 0.700. The topological polar surface area (TPSA) is 46.6 Å². The van der Waals surface area contributed by atoms with E-state index in [1.807, 2.05) is 29.2 Å². The number of hydrogen-bond donors (Lipinski definition) is 0. The molecule has 0 aromatic heterocycles. The Kier molecular flexibility index (Phi) is 5.21. The first-order valence-corrected chi connectivity index (χ1v) is 10.2. The van der Waals surface area contributed by atoms with Crippen molar-refractivity contribution in [2.75, 3.05) is 13.2 Å². The molecule has 2 fully saturated rings. The summed E-state index contributed by atoms with van der Waals surface area (Å²) in [5, 5.41) is 0. The van der Waals surface area contributed by atoms with Crippen LogP contribution in [-0.2, 0) is 9.53 Å². The van der Waals surface area contributed by atoms with Crippen LogP contribution in [0.1, 0.15) is 35.2 Å². The van der Waals surface area contributed by atoms with Gasteiger partial charge in [-0.05, 0) is 55.7 Å². The second kappa shape index (κ2) is 7.77. The second-order valence-corrected chi connectivity index (χ2v) is 8.45. The van der Waals surface area contributed by atoms with Gasteiger partial charge < -0.3 is 9.64 Å². The minimum Gasteiger partial charge on any atom is -0.462 e. The van der Waals surface area contributed by atoms with E-state index in [-0.39, 0.29) is 17.8 Å². The Hall–Kier alpha value is -2.27. The van der Waals surface area contributed by atoms with Crippen LogP contribution in [0.15, 0.2) is 58.3 Å². The second-order valence-electron chi connectivity index (χ2n) is 7.34. The molecular weight excluding hydrogens is 358 g/mol. The molecule has 0 spiro atoms. The molecule has 1 saturated carbocycles. The lowest BCUT2D eigenvalue weighted by Crippen LogP contribution is -2.27.